The molecule has 1 aromatic rings. The Morgan fingerprint density at radius 1 is 1.36 bits per heavy atom. The minimum absolute atomic E-state index is 0.258. The summed E-state index contributed by atoms with van der Waals surface area (Å²) in [7, 11) is 5.36. The molecule has 0 saturated heterocycles. The van der Waals surface area contributed by atoms with Crippen LogP contribution in [-0.4, -0.2) is 26.1 Å². The fourth-order valence-corrected chi connectivity index (χ4v) is 1.36. The van der Waals surface area contributed by atoms with Gasteiger partial charge in [-0.05, 0) is 20.2 Å². The number of hydrogen-bond acceptors (Lipinski definition) is 3. The molecule has 0 unspecified atom stereocenters. The first-order chi connectivity index (χ1) is 6.70. The van der Waals surface area contributed by atoms with Crippen LogP contribution >= 0.6 is 0 Å². The first-order valence-corrected chi connectivity index (χ1v) is 4.39. The number of methoxy groups -OCH3 is 1. The molecule has 1 rings (SSSR count). The van der Waals surface area contributed by atoms with Gasteiger partial charge >= 0.3 is 0 Å². The second-order valence-electron chi connectivity index (χ2n) is 3.24. The quantitative estimate of drug-likeness (QED) is 0.729. The lowest BCUT2D eigenvalue weighted by molar-refractivity contribution is 0.340. The lowest BCUT2D eigenvalue weighted by Gasteiger charge is -2.19. The number of para-hydroxylation sites is 1. The Bertz CT molecular complexity index is 341. The van der Waals surface area contributed by atoms with E-state index >= 15 is 0 Å². The van der Waals surface area contributed by atoms with E-state index in [-0.39, 0.29) is 6.04 Å². The maximum atomic E-state index is 9.02. The van der Waals surface area contributed by atoms with Crippen molar-refractivity contribution in [2.45, 2.75) is 6.04 Å². The molecular formula is C11H14N2O. The fourth-order valence-electron chi connectivity index (χ4n) is 1.36. The van der Waals surface area contributed by atoms with Crippen LogP contribution in [0.5, 0.6) is 5.75 Å². The zero-order chi connectivity index (χ0) is 10.6. The van der Waals surface area contributed by atoms with Gasteiger partial charge in [-0.2, -0.15) is 5.26 Å². The summed E-state index contributed by atoms with van der Waals surface area (Å²) in [6.45, 7) is 0. The van der Waals surface area contributed by atoms with Crippen molar-refractivity contribution in [1.82, 2.24) is 4.90 Å². The van der Waals surface area contributed by atoms with Gasteiger partial charge in [0.1, 0.15) is 11.8 Å². The molecule has 3 nitrogen and oxygen atoms in total. The molecule has 0 bridgehead atoms. The van der Waals surface area contributed by atoms with E-state index in [0.717, 1.165) is 11.3 Å². The molecule has 14 heavy (non-hydrogen) atoms. The van der Waals surface area contributed by atoms with Crippen molar-refractivity contribution < 1.29 is 4.74 Å². The van der Waals surface area contributed by atoms with Gasteiger partial charge in [0.2, 0.25) is 0 Å². The summed E-state index contributed by atoms with van der Waals surface area (Å²) in [6, 6.07) is 9.56. The van der Waals surface area contributed by atoms with Gasteiger partial charge in [0, 0.05) is 5.56 Å². The maximum absolute atomic E-state index is 9.02. The standard InChI is InChI=1S/C11H14N2O/c1-13(2)10(8-12)9-6-4-5-7-11(9)14-3/h4-7,10H,1-3H3/t10-/m1/s1. The van der Waals surface area contributed by atoms with Crippen LogP contribution in [0.4, 0.5) is 0 Å². The third-order valence-electron chi connectivity index (χ3n) is 2.07. The smallest absolute Gasteiger partial charge is 0.126 e. The Kier molecular flexibility index (Phi) is 3.49. The van der Waals surface area contributed by atoms with Gasteiger partial charge < -0.3 is 4.74 Å². The van der Waals surface area contributed by atoms with Crippen LogP contribution < -0.4 is 4.74 Å². The zero-order valence-electron chi connectivity index (χ0n) is 8.69. The largest absolute Gasteiger partial charge is 0.496 e. The normalized spacial score (nSPS) is 12.2. The van der Waals surface area contributed by atoms with E-state index < -0.39 is 0 Å². The van der Waals surface area contributed by atoms with Crippen LogP contribution in [-0.2, 0) is 0 Å². The molecule has 3 heteroatoms. The van der Waals surface area contributed by atoms with E-state index in [1.807, 2.05) is 43.3 Å². The molecule has 74 valence electrons. The summed E-state index contributed by atoms with van der Waals surface area (Å²) in [5.74, 6) is 0.757. The number of ether oxygens (including phenoxy) is 1. The summed E-state index contributed by atoms with van der Waals surface area (Å²) in [6.07, 6.45) is 0. The highest BCUT2D eigenvalue weighted by Crippen LogP contribution is 2.26. The third kappa shape index (κ3) is 2.04. The molecule has 0 aromatic heterocycles. The van der Waals surface area contributed by atoms with E-state index in [1.165, 1.54) is 0 Å². The van der Waals surface area contributed by atoms with Crippen molar-refractivity contribution in [3.05, 3.63) is 29.8 Å². The lowest BCUT2D eigenvalue weighted by Crippen LogP contribution is -2.18. The van der Waals surface area contributed by atoms with Gasteiger partial charge in [0.05, 0.1) is 13.2 Å². The molecule has 0 aliphatic rings. The topological polar surface area (TPSA) is 36.3 Å². The average molecular weight is 190 g/mol. The molecule has 0 amide bonds. The number of nitriles is 1. The van der Waals surface area contributed by atoms with E-state index in [4.69, 9.17) is 10.00 Å². The minimum atomic E-state index is -0.258. The summed E-state index contributed by atoms with van der Waals surface area (Å²) < 4.78 is 5.20. The summed E-state index contributed by atoms with van der Waals surface area (Å²) in [5, 5.41) is 9.02. The van der Waals surface area contributed by atoms with Gasteiger partial charge in [-0.3, -0.25) is 4.90 Å². The highest BCUT2D eigenvalue weighted by Gasteiger charge is 2.16. The maximum Gasteiger partial charge on any atom is 0.126 e. The minimum Gasteiger partial charge on any atom is -0.496 e. The molecule has 0 radical (unpaired) electrons. The predicted molar refractivity (Wildman–Crippen MR) is 55.0 cm³/mol. The van der Waals surface area contributed by atoms with E-state index in [1.54, 1.807) is 7.11 Å². The number of rotatable bonds is 3. The van der Waals surface area contributed by atoms with Crippen LogP contribution in [0.2, 0.25) is 0 Å². The van der Waals surface area contributed by atoms with Gasteiger partial charge in [0.25, 0.3) is 0 Å². The Balaban J connectivity index is 3.10. The van der Waals surface area contributed by atoms with Crippen molar-refractivity contribution in [3.63, 3.8) is 0 Å². The first kappa shape index (κ1) is 10.6. The lowest BCUT2D eigenvalue weighted by atomic mass is 10.1. The van der Waals surface area contributed by atoms with Crippen LogP contribution in [0.3, 0.4) is 0 Å². The molecule has 0 heterocycles. The van der Waals surface area contributed by atoms with E-state index in [9.17, 15) is 0 Å². The summed E-state index contributed by atoms with van der Waals surface area (Å²) >= 11 is 0. The second kappa shape index (κ2) is 4.64. The number of hydrogen-bond donors (Lipinski definition) is 0. The monoisotopic (exact) mass is 190 g/mol. The van der Waals surface area contributed by atoms with Gasteiger partial charge in [-0.1, -0.05) is 18.2 Å². The van der Waals surface area contributed by atoms with Gasteiger partial charge in [-0.25, -0.2) is 0 Å². The van der Waals surface area contributed by atoms with Crippen molar-refractivity contribution >= 4 is 0 Å². The SMILES string of the molecule is COc1ccccc1[C@@H](C#N)N(C)C. The van der Waals surface area contributed by atoms with Gasteiger partial charge in [0.15, 0.2) is 0 Å². The molecule has 0 fully saturated rings. The Hall–Kier alpha value is -1.53. The molecule has 0 aliphatic carbocycles. The Labute approximate surface area is 84.5 Å². The van der Waals surface area contributed by atoms with Crippen LogP contribution in [0, 0.1) is 11.3 Å². The van der Waals surface area contributed by atoms with Crippen LogP contribution in [0.25, 0.3) is 0 Å². The molecule has 1 aromatic carbocycles. The Morgan fingerprint density at radius 3 is 2.50 bits per heavy atom. The van der Waals surface area contributed by atoms with Crippen molar-refractivity contribution in [3.8, 4) is 11.8 Å². The molecular weight excluding hydrogens is 176 g/mol. The summed E-state index contributed by atoms with van der Waals surface area (Å²) in [4.78, 5) is 1.86. The Morgan fingerprint density at radius 2 is 2.00 bits per heavy atom. The van der Waals surface area contributed by atoms with Crippen molar-refractivity contribution in [2.75, 3.05) is 21.2 Å². The molecule has 0 N–H and O–H groups in total. The average Bonchev–Trinajstić information content (AvgIpc) is 2.19. The van der Waals surface area contributed by atoms with Crippen molar-refractivity contribution in [1.29, 1.82) is 5.26 Å². The van der Waals surface area contributed by atoms with Crippen LogP contribution in [0.15, 0.2) is 24.3 Å². The molecule has 1 atom stereocenters. The fraction of sp³-hybridized carbons (Fsp3) is 0.364. The van der Waals surface area contributed by atoms with E-state index in [2.05, 4.69) is 6.07 Å². The van der Waals surface area contributed by atoms with E-state index in [0.29, 0.717) is 0 Å². The third-order valence-corrected chi connectivity index (χ3v) is 2.07. The number of nitrogens with zero attached hydrogens (tertiary/aromatic N) is 2. The van der Waals surface area contributed by atoms with Gasteiger partial charge in [-0.15, -0.1) is 0 Å². The zero-order valence-corrected chi connectivity index (χ0v) is 8.69. The number of benzene rings is 1. The molecule has 0 spiro atoms. The highest BCUT2D eigenvalue weighted by atomic mass is 16.5. The van der Waals surface area contributed by atoms with Crippen LogP contribution in [0.1, 0.15) is 11.6 Å². The molecule has 0 saturated carbocycles. The second-order valence-corrected chi connectivity index (χ2v) is 3.24. The highest BCUT2D eigenvalue weighted by molar-refractivity contribution is 5.38. The molecule has 0 aliphatic heterocycles. The van der Waals surface area contributed by atoms with Crippen molar-refractivity contribution in [2.24, 2.45) is 0 Å². The summed E-state index contributed by atoms with van der Waals surface area (Å²) in [5.41, 5.74) is 0.905. The predicted octanol–water partition coefficient (Wildman–Crippen LogP) is 1.82. The first-order valence-electron chi connectivity index (χ1n) is 4.39.